The molecule has 1 atom stereocenters. The monoisotopic (exact) mass is 406 g/mol. The lowest BCUT2D eigenvalue weighted by Gasteiger charge is -2.30. The summed E-state index contributed by atoms with van der Waals surface area (Å²) < 4.78 is 6.01. The van der Waals surface area contributed by atoms with Crippen LogP contribution in [0.15, 0.2) is 42.5 Å². The summed E-state index contributed by atoms with van der Waals surface area (Å²) in [6.45, 7) is 6.85. The van der Waals surface area contributed by atoms with Crippen LogP contribution >= 0.6 is 0 Å². The van der Waals surface area contributed by atoms with Crippen LogP contribution in [-0.4, -0.2) is 42.3 Å². The number of ether oxygens (including phenoxy) is 1. The lowest BCUT2D eigenvalue weighted by molar-refractivity contribution is -0.118. The predicted molar refractivity (Wildman–Crippen MR) is 119 cm³/mol. The molecule has 2 heterocycles. The Kier molecular flexibility index (Phi) is 6.18. The van der Waals surface area contributed by atoms with Gasteiger partial charge in [0, 0.05) is 30.3 Å². The molecule has 2 aliphatic rings. The van der Waals surface area contributed by atoms with Crippen LogP contribution < -0.4 is 9.64 Å². The fraction of sp³-hybridized carbons (Fsp3) is 0.440. The molecular formula is C25H30N2O3. The van der Waals surface area contributed by atoms with Crippen LogP contribution in [0, 0.1) is 0 Å². The van der Waals surface area contributed by atoms with Crippen molar-refractivity contribution in [1.29, 1.82) is 0 Å². The zero-order valence-electron chi connectivity index (χ0n) is 17.9. The van der Waals surface area contributed by atoms with Gasteiger partial charge in [-0.05, 0) is 94.1 Å². The minimum absolute atomic E-state index is 0.0212. The van der Waals surface area contributed by atoms with E-state index in [0.29, 0.717) is 24.6 Å². The highest BCUT2D eigenvalue weighted by molar-refractivity contribution is 6.03. The van der Waals surface area contributed by atoms with E-state index in [1.165, 1.54) is 19.4 Å². The Hall–Kier alpha value is -2.66. The first-order chi connectivity index (χ1) is 14.5. The van der Waals surface area contributed by atoms with Gasteiger partial charge in [-0.25, -0.2) is 0 Å². The summed E-state index contributed by atoms with van der Waals surface area (Å²) in [5, 5.41) is 0. The Morgan fingerprint density at radius 2 is 1.93 bits per heavy atom. The van der Waals surface area contributed by atoms with Gasteiger partial charge in [-0.2, -0.15) is 0 Å². The minimum atomic E-state index is 0.0212. The van der Waals surface area contributed by atoms with Gasteiger partial charge in [0.1, 0.15) is 5.75 Å². The maximum Gasteiger partial charge on any atom is 0.231 e. The van der Waals surface area contributed by atoms with E-state index in [1.807, 2.05) is 24.3 Å². The smallest absolute Gasteiger partial charge is 0.231 e. The van der Waals surface area contributed by atoms with E-state index in [0.717, 1.165) is 42.1 Å². The number of ketones is 1. The molecule has 5 heteroatoms. The molecule has 1 amide bonds. The van der Waals surface area contributed by atoms with Crippen molar-refractivity contribution in [3.8, 4) is 5.75 Å². The fourth-order valence-corrected chi connectivity index (χ4v) is 4.47. The summed E-state index contributed by atoms with van der Waals surface area (Å²) in [6.07, 6.45) is 4.82. The van der Waals surface area contributed by atoms with E-state index in [9.17, 15) is 9.59 Å². The minimum Gasteiger partial charge on any atom is -0.494 e. The number of carbonyl (C=O) groups excluding carboxylic acids is 2. The number of amides is 1. The number of carbonyl (C=O) groups is 2. The number of benzene rings is 2. The molecule has 5 nitrogen and oxygen atoms in total. The second-order valence-corrected chi connectivity index (χ2v) is 8.35. The van der Waals surface area contributed by atoms with Crippen molar-refractivity contribution in [2.45, 2.75) is 52.0 Å². The van der Waals surface area contributed by atoms with Crippen molar-refractivity contribution in [1.82, 2.24) is 4.90 Å². The van der Waals surface area contributed by atoms with Gasteiger partial charge in [-0.15, -0.1) is 0 Å². The van der Waals surface area contributed by atoms with E-state index in [2.05, 4.69) is 17.9 Å². The van der Waals surface area contributed by atoms with Crippen LogP contribution in [0.5, 0.6) is 5.75 Å². The fourth-order valence-electron chi connectivity index (χ4n) is 4.47. The Morgan fingerprint density at radius 1 is 1.13 bits per heavy atom. The third-order valence-corrected chi connectivity index (χ3v) is 6.23. The number of nitrogens with zero attached hydrogens (tertiary/aromatic N) is 2. The van der Waals surface area contributed by atoms with Gasteiger partial charge in [-0.3, -0.25) is 14.5 Å². The summed E-state index contributed by atoms with van der Waals surface area (Å²) in [7, 11) is 0. The van der Waals surface area contributed by atoms with Crippen LogP contribution in [0.2, 0.25) is 0 Å². The van der Waals surface area contributed by atoms with E-state index in [4.69, 9.17) is 4.74 Å². The Balaban J connectivity index is 1.42. The summed E-state index contributed by atoms with van der Waals surface area (Å²) in [5.41, 5.74) is 3.46. The molecule has 0 aromatic heterocycles. The normalized spacial score (nSPS) is 19.1. The molecule has 30 heavy (non-hydrogen) atoms. The highest BCUT2D eigenvalue weighted by Crippen LogP contribution is 2.36. The van der Waals surface area contributed by atoms with Crippen LogP contribution in [0.1, 0.15) is 55.5 Å². The van der Waals surface area contributed by atoms with E-state index in [-0.39, 0.29) is 11.7 Å². The van der Waals surface area contributed by atoms with Gasteiger partial charge in [0.25, 0.3) is 0 Å². The zero-order chi connectivity index (χ0) is 21.1. The highest BCUT2D eigenvalue weighted by Gasteiger charge is 2.26. The molecule has 158 valence electrons. The molecule has 0 bridgehead atoms. The highest BCUT2D eigenvalue weighted by atomic mass is 16.5. The predicted octanol–water partition coefficient (Wildman–Crippen LogP) is 4.75. The molecule has 1 fully saturated rings. The Bertz CT molecular complexity index is 922. The number of anilines is 2. The second kappa shape index (κ2) is 9.00. The maximum atomic E-state index is 12.6. The zero-order valence-corrected chi connectivity index (χ0v) is 17.9. The average molecular weight is 407 g/mol. The van der Waals surface area contributed by atoms with Crippen molar-refractivity contribution < 1.29 is 14.3 Å². The molecule has 2 aliphatic heterocycles. The van der Waals surface area contributed by atoms with Crippen LogP contribution in [0.4, 0.5) is 11.4 Å². The Labute approximate surface area is 178 Å². The first-order valence-electron chi connectivity index (χ1n) is 11.0. The van der Waals surface area contributed by atoms with Gasteiger partial charge in [-0.1, -0.05) is 0 Å². The number of Topliss-reactive ketones (excluding diaryl/α,β-unsaturated/α-hetero) is 1. The third-order valence-electron chi connectivity index (χ3n) is 6.23. The lowest BCUT2D eigenvalue weighted by Crippen LogP contribution is -2.30. The van der Waals surface area contributed by atoms with Crippen molar-refractivity contribution in [3.05, 3.63) is 53.6 Å². The molecule has 0 radical (unpaired) electrons. The molecule has 2 aromatic carbocycles. The molecule has 1 saturated heterocycles. The standard InChI is InChI=1S/C25H30N2O3/c1-18-5-3-14-26(18)15-4-16-30-23-11-12-24-21(17-23)8-13-25(29)27(24)22-9-6-20(7-10-22)19(2)28/h6-7,9-12,17-18H,3-5,8,13-16H2,1-2H3/t18-/m1/s1. The molecular weight excluding hydrogens is 376 g/mol. The largest absolute Gasteiger partial charge is 0.494 e. The van der Waals surface area contributed by atoms with Gasteiger partial charge in [0.05, 0.1) is 12.3 Å². The molecule has 0 spiro atoms. The topological polar surface area (TPSA) is 49.9 Å². The SMILES string of the molecule is CC(=O)c1ccc(N2C(=O)CCc3cc(OCCCN4CCC[C@H]4C)ccc32)cc1. The van der Waals surface area contributed by atoms with Gasteiger partial charge >= 0.3 is 0 Å². The van der Waals surface area contributed by atoms with Crippen LogP contribution in [0.25, 0.3) is 0 Å². The molecule has 2 aromatic rings. The van der Waals surface area contributed by atoms with Crippen LogP contribution in [-0.2, 0) is 11.2 Å². The number of hydrogen-bond acceptors (Lipinski definition) is 4. The molecule has 0 N–H and O–H groups in total. The second-order valence-electron chi connectivity index (χ2n) is 8.35. The van der Waals surface area contributed by atoms with E-state index in [1.54, 1.807) is 24.0 Å². The lowest BCUT2D eigenvalue weighted by atomic mass is 9.99. The van der Waals surface area contributed by atoms with E-state index < -0.39 is 0 Å². The first kappa shape index (κ1) is 20.6. The summed E-state index contributed by atoms with van der Waals surface area (Å²) in [5.74, 6) is 0.962. The number of aryl methyl sites for hydroxylation is 1. The number of rotatable bonds is 7. The van der Waals surface area contributed by atoms with Crippen molar-refractivity contribution in [2.24, 2.45) is 0 Å². The van der Waals surface area contributed by atoms with Crippen molar-refractivity contribution in [3.63, 3.8) is 0 Å². The maximum absolute atomic E-state index is 12.6. The third kappa shape index (κ3) is 4.41. The van der Waals surface area contributed by atoms with Crippen molar-refractivity contribution in [2.75, 3.05) is 24.6 Å². The number of fused-ring (bicyclic) bond motifs is 1. The quantitative estimate of drug-likeness (QED) is 0.492. The van der Waals surface area contributed by atoms with E-state index >= 15 is 0 Å². The molecule has 0 aliphatic carbocycles. The van der Waals surface area contributed by atoms with Crippen LogP contribution in [0.3, 0.4) is 0 Å². The summed E-state index contributed by atoms with van der Waals surface area (Å²) >= 11 is 0. The molecule has 0 unspecified atom stereocenters. The van der Waals surface area contributed by atoms with Gasteiger partial charge < -0.3 is 9.64 Å². The number of likely N-dealkylation sites (tertiary alicyclic amines) is 1. The van der Waals surface area contributed by atoms with Crippen molar-refractivity contribution >= 4 is 23.1 Å². The number of hydrogen-bond donors (Lipinski definition) is 0. The summed E-state index contributed by atoms with van der Waals surface area (Å²) in [6, 6.07) is 13.9. The molecule has 4 rings (SSSR count). The summed E-state index contributed by atoms with van der Waals surface area (Å²) in [4.78, 5) is 28.5. The molecule has 0 saturated carbocycles. The average Bonchev–Trinajstić information content (AvgIpc) is 3.16. The van der Waals surface area contributed by atoms with Gasteiger partial charge in [0.15, 0.2) is 5.78 Å². The Morgan fingerprint density at radius 3 is 2.63 bits per heavy atom. The first-order valence-corrected chi connectivity index (χ1v) is 11.0. The van der Waals surface area contributed by atoms with Gasteiger partial charge in [0.2, 0.25) is 5.91 Å².